The van der Waals surface area contributed by atoms with E-state index in [1.807, 2.05) is 19.1 Å². The summed E-state index contributed by atoms with van der Waals surface area (Å²) in [5.41, 5.74) is 4.53. The Morgan fingerprint density at radius 3 is 2.14 bits per heavy atom. The maximum Gasteiger partial charge on any atom is 0.259 e. The second kappa shape index (κ2) is 9.96. The molecule has 0 aliphatic heterocycles. The normalized spacial score (nSPS) is 10.4. The Kier molecular flexibility index (Phi) is 7.38. The topological polar surface area (TPSA) is 98.2 Å². The van der Waals surface area contributed by atoms with Crippen LogP contribution >= 0.6 is 0 Å². The van der Waals surface area contributed by atoms with E-state index in [-0.39, 0.29) is 12.5 Å². The number of hydrazone groups is 1. The molecule has 0 radical (unpaired) electrons. The van der Waals surface area contributed by atoms with Crippen molar-refractivity contribution in [2.45, 2.75) is 6.92 Å². The standard InChI is InChI=1S/C20H23N3O5/c1-13-5-7-15(8-6-13)20(25)21-12-18(24)23-22-11-14-9-16(26-2)19(28-4)17(10-14)27-3/h5-11H,12H2,1-4H3,(H,21,25)(H,23,24). The van der Waals surface area contributed by atoms with Crippen LogP contribution in [0.3, 0.4) is 0 Å². The Hall–Kier alpha value is -3.55. The quantitative estimate of drug-likeness (QED) is 0.534. The predicted octanol–water partition coefficient (Wildman–Crippen LogP) is 1.90. The van der Waals surface area contributed by atoms with E-state index in [4.69, 9.17) is 14.2 Å². The molecule has 0 aliphatic carbocycles. The van der Waals surface area contributed by atoms with Crippen molar-refractivity contribution in [3.63, 3.8) is 0 Å². The number of benzene rings is 2. The highest BCUT2D eigenvalue weighted by atomic mass is 16.5. The van der Waals surface area contributed by atoms with Crippen molar-refractivity contribution in [3.8, 4) is 17.2 Å². The molecule has 0 unspecified atom stereocenters. The molecule has 2 aromatic carbocycles. The molecule has 2 rings (SSSR count). The monoisotopic (exact) mass is 385 g/mol. The van der Waals surface area contributed by atoms with Gasteiger partial charge in [0.25, 0.3) is 11.8 Å². The molecule has 0 bridgehead atoms. The van der Waals surface area contributed by atoms with Gasteiger partial charge in [0.2, 0.25) is 5.75 Å². The molecule has 0 saturated heterocycles. The van der Waals surface area contributed by atoms with Crippen LogP contribution in [-0.4, -0.2) is 45.9 Å². The molecule has 0 aliphatic rings. The molecule has 0 aromatic heterocycles. The first-order valence-electron chi connectivity index (χ1n) is 8.45. The zero-order valence-corrected chi connectivity index (χ0v) is 16.2. The summed E-state index contributed by atoms with van der Waals surface area (Å²) >= 11 is 0. The van der Waals surface area contributed by atoms with Crippen molar-refractivity contribution in [2.24, 2.45) is 5.10 Å². The third-order valence-corrected chi connectivity index (χ3v) is 3.81. The molecule has 8 heteroatoms. The summed E-state index contributed by atoms with van der Waals surface area (Å²) < 4.78 is 15.8. The lowest BCUT2D eigenvalue weighted by atomic mass is 10.1. The van der Waals surface area contributed by atoms with Crippen LogP contribution in [0.5, 0.6) is 17.2 Å². The second-order valence-electron chi connectivity index (χ2n) is 5.80. The minimum Gasteiger partial charge on any atom is -0.493 e. The van der Waals surface area contributed by atoms with Gasteiger partial charge in [-0.1, -0.05) is 17.7 Å². The van der Waals surface area contributed by atoms with Crippen LogP contribution in [-0.2, 0) is 4.79 Å². The zero-order valence-electron chi connectivity index (χ0n) is 16.2. The molecule has 2 N–H and O–H groups in total. The van der Waals surface area contributed by atoms with Crippen LogP contribution in [0.2, 0.25) is 0 Å². The molecule has 0 saturated carbocycles. The van der Waals surface area contributed by atoms with Crippen molar-refractivity contribution >= 4 is 18.0 Å². The van der Waals surface area contributed by atoms with Crippen LogP contribution in [0.4, 0.5) is 0 Å². The van der Waals surface area contributed by atoms with Gasteiger partial charge in [-0.15, -0.1) is 0 Å². The van der Waals surface area contributed by atoms with Crippen LogP contribution in [0, 0.1) is 6.92 Å². The van der Waals surface area contributed by atoms with Gasteiger partial charge in [-0.25, -0.2) is 5.43 Å². The van der Waals surface area contributed by atoms with Crippen molar-refractivity contribution in [3.05, 3.63) is 53.1 Å². The average Bonchev–Trinajstić information content (AvgIpc) is 2.71. The number of nitrogens with zero attached hydrogens (tertiary/aromatic N) is 1. The SMILES string of the molecule is COc1cc(C=NNC(=O)CNC(=O)c2ccc(C)cc2)cc(OC)c1OC. The molecule has 148 valence electrons. The predicted molar refractivity (Wildman–Crippen MR) is 105 cm³/mol. The summed E-state index contributed by atoms with van der Waals surface area (Å²) in [6, 6.07) is 10.4. The fourth-order valence-electron chi connectivity index (χ4n) is 2.36. The first-order valence-corrected chi connectivity index (χ1v) is 8.45. The number of ether oxygens (including phenoxy) is 3. The van der Waals surface area contributed by atoms with Crippen LogP contribution in [0.15, 0.2) is 41.5 Å². The minimum atomic E-state index is -0.454. The molecule has 28 heavy (non-hydrogen) atoms. The molecular formula is C20H23N3O5. The van der Waals surface area contributed by atoms with E-state index >= 15 is 0 Å². The highest BCUT2D eigenvalue weighted by Gasteiger charge is 2.12. The highest BCUT2D eigenvalue weighted by molar-refractivity contribution is 5.96. The van der Waals surface area contributed by atoms with Gasteiger partial charge in [-0.2, -0.15) is 5.10 Å². The highest BCUT2D eigenvalue weighted by Crippen LogP contribution is 2.37. The van der Waals surface area contributed by atoms with E-state index in [9.17, 15) is 9.59 Å². The maximum absolute atomic E-state index is 12.0. The summed E-state index contributed by atoms with van der Waals surface area (Å²) in [6.07, 6.45) is 1.43. The van der Waals surface area contributed by atoms with Crippen molar-refractivity contribution in [1.29, 1.82) is 0 Å². The van der Waals surface area contributed by atoms with Gasteiger partial charge >= 0.3 is 0 Å². The van der Waals surface area contributed by atoms with Crippen molar-refractivity contribution in [1.82, 2.24) is 10.7 Å². The summed E-state index contributed by atoms with van der Waals surface area (Å²) in [4.78, 5) is 23.8. The Bertz CT molecular complexity index is 838. The third-order valence-electron chi connectivity index (χ3n) is 3.81. The van der Waals surface area contributed by atoms with Gasteiger partial charge in [-0.3, -0.25) is 9.59 Å². The minimum absolute atomic E-state index is 0.195. The van der Waals surface area contributed by atoms with E-state index in [1.54, 1.807) is 24.3 Å². The maximum atomic E-state index is 12.0. The molecule has 0 atom stereocenters. The van der Waals surface area contributed by atoms with Crippen LogP contribution in [0.1, 0.15) is 21.5 Å². The van der Waals surface area contributed by atoms with Crippen molar-refractivity contribution in [2.75, 3.05) is 27.9 Å². The number of rotatable bonds is 8. The Morgan fingerprint density at radius 2 is 1.61 bits per heavy atom. The first-order chi connectivity index (χ1) is 13.5. The number of carbonyl (C=O) groups excluding carboxylic acids is 2. The number of nitrogens with one attached hydrogen (secondary N) is 2. The van der Waals surface area contributed by atoms with Gasteiger partial charge in [0.1, 0.15) is 0 Å². The number of methoxy groups -OCH3 is 3. The fourth-order valence-corrected chi connectivity index (χ4v) is 2.36. The average molecular weight is 385 g/mol. The van der Waals surface area contributed by atoms with E-state index < -0.39 is 5.91 Å². The Labute approximate surface area is 163 Å². The van der Waals surface area contributed by atoms with Crippen LogP contribution in [0.25, 0.3) is 0 Å². The lowest BCUT2D eigenvalue weighted by molar-refractivity contribution is -0.120. The van der Waals surface area contributed by atoms with E-state index in [2.05, 4.69) is 15.8 Å². The van der Waals surface area contributed by atoms with E-state index in [0.717, 1.165) is 5.56 Å². The number of aryl methyl sites for hydroxylation is 1. The number of hydrogen-bond donors (Lipinski definition) is 2. The second-order valence-corrected chi connectivity index (χ2v) is 5.80. The van der Waals surface area contributed by atoms with Crippen LogP contribution < -0.4 is 25.0 Å². The molecule has 8 nitrogen and oxygen atoms in total. The Balaban J connectivity index is 1.92. The van der Waals surface area contributed by atoms with Gasteiger partial charge in [0.15, 0.2) is 11.5 Å². The number of hydrogen-bond acceptors (Lipinski definition) is 6. The molecule has 0 heterocycles. The summed E-state index contributed by atoms with van der Waals surface area (Å²) in [7, 11) is 4.53. The fraction of sp³-hybridized carbons (Fsp3) is 0.250. The summed E-state index contributed by atoms with van der Waals surface area (Å²) in [5.74, 6) is 0.623. The molecule has 0 fully saturated rings. The van der Waals surface area contributed by atoms with Gasteiger partial charge in [0.05, 0.1) is 34.1 Å². The number of carbonyl (C=O) groups is 2. The first kappa shape index (κ1) is 20.8. The third kappa shape index (κ3) is 5.47. The van der Waals surface area contributed by atoms with Gasteiger partial charge in [0, 0.05) is 11.1 Å². The Morgan fingerprint density at radius 1 is 1.00 bits per heavy atom. The lowest BCUT2D eigenvalue weighted by Gasteiger charge is -2.12. The molecule has 2 aromatic rings. The smallest absolute Gasteiger partial charge is 0.259 e. The van der Waals surface area contributed by atoms with Gasteiger partial charge in [-0.05, 0) is 31.2 Å². The molecule has 0 spiro atoms. The van der Waals surface area contributed by atoms with Gasteiger partial charge < -0.3 is 19.5 Å². The summed E-state index contributed by atoms with van der Waals surface area (Å²) in [5, 5.41) is 6.42. The summed E-state index contributed by atoms with van der Waals surface area (Å²) in [6.45, 7) is 1.74. The molecular weight excluding hydrogens is 362 g/mol. The largest absolute Gasteiger partial charge is 0.493 e. The lowest BCUT2D eigenvalue weighted by Crippen LogP contribution is -2.34. The van der Waals surface area contributed by atoms with E-state index in [0.29, 0.717) is 28.4 Å². The van der Waals surface area contributed by atoms with Crippen molar-refractivity contribution < 1.29 is 23.8 Å². The zero-order chi connectivity index (χ0) is 20.5. The molecule has 2 amide bonds. The van der Waals surface area contributed by atoms with E-state index in [1.165, 1.54) is 27.5 Å². The number of amides is 2.